The fourth-order valence-electron chi connectivity index (χ4n) is 1.88. The number of Topliss-reactive ketones (excluding diaryl/α,β-unsaturated/α-hetero) is 1. The third-order valence-corrected chi connectivity index (χ3v) is 2.84. The summed E-state index contributed by atoms with van der Waals surface area (Å²) >= 11 is 0. The number of rotatable bonds is 2. The van der Waals surface area contributed by atoms with E-state index in [1.807, 2.05) is 32.0 Å². The average molecular weight is 218 g/mol. The van der Waals surface area contributed by atoms with Gasteiger partial charge in [-0.05, 0) is 25.5 Å². The normalized spacial score (nSPS) is 19.6. The summed E-state index contributed by atoms with van der Waals surface area (Å²) in [4.78, 5) is 23.1. The van der Waals surface area contributed by atoms with Crippen LogP contribution >= 0.6 is 0 Å². The molecule has 3 heteroatoms. The van der Waals surface area contributed by atoms with E-state index >= 15 is 0 Å². The number of ketones is 1. The summed E-state index contributed by atoms with van der Waals surface area (Å²) in [5, 5.41) is 0. The molecule has 0 aliphatic carbocycles. The molecule has 0 amide bonds. The van der Waals surface area contributed by atoms with Crippen molar-refractivity contribution in [3.05, 3.63) is 34.9 Å². The zero-order valence-corrected chi connectivity index (χ0v) is 9.45. The summed E-state index contributed by atoms with van der Waals surface area (Å²) in [5.74, 6) is -0.351. The first-order valence-corrected chi connectivity index (χ1v) is 5.39. The van der Waals surface area contributed by atoms with E-state index < -0.39 is 6.10 Å². The van der Waals surface area contributed by atoms with Gasteiger partial charge < -0.3 is 4.74 Å². The van der Waals surface area contributed by atoms with Crippen LogP contribution in [-0.4, -0.2) is 17.9 Å². The average Bonchev–Trinajstić information content (AvgIpc) is 2.67. The molecule has 1 fully saturated rings. The van der Waals surface area contributed by atoms with Crippen LogP contribution in [0.15, 0.2) is 18.2 Å². The van der Waals surface area contributed by atoms with Gasteiger partial charge >= 0.3 is 5.97 Å². The maximum absolute atomic E-state index is 12.1. The van der Waals surface area contributed by atoms with Gasteiger partial charge in [-0.3, -0.25) is 9.59 Å². The van der Waals surface area contributed by atoms with Crippen LogP contribution in [0, 0.1) is 13.8 Å². The molecule has 1 heterocycles. The fraction of sp³-hybridized carbons (Fsp3) is 0.385. The number of esters is 1. The monoisotopic (exact) mass is 218 g/mol. The molecule has 0 N–H and O–H groups in total. The minimum absolute atomic E-state index is 0.0768. The molecule has 1 saturated heterocycles. The molecule has 1 aromatic carbocycles. The molecule has 1 aliphatic rings. The van der Waals surface area contributed by atoms with Gasteiger partial charge in [-0.25, -0.2) is 0 Å². The summed E-state index contributed by atoms with van der Waals surface area (Å²) in [6.45, 7) is 3.83. The van der Waals surface area contributed by atoms with Crippen molar-refractivity contribution in [2.24, 2.45) is 0 Å². The van der Waals surface area contributed by atoms with Gasteiger partial charge in [-0.15, -0.1) is 0 Å². The van der Waals surface area contributed by atoms with E-state index in [-0.39, 0.29) is 11.8 Å². The number of carbonyl (C=O) groups is 2. The minimum Gasteiger partial charge on any atom is -0.454 e. The van der Waals surface area contributed by atoms with Crippen molar-refractivity contribution in [1.82, 2.24) is 0 Å². The zero-order chi connectivity index (χ0) is 11.7. The van der Waals surface area contributed by atoms with E-state index in [1.165, 1.54) is 0 Å². The van der Waals surface area contributed by atoms with E-state index in [1.54, 1.807) is 0 Å². The summed E-state index contributed by atoms with van der Waals surface area (Å²) in [7, 11) is 0. The van der Waals surface area contributed by atoms with E-state index in [4.69, 9.17) is 4.74 Å². The lowest BCUT2D eigenvalue weighted by atomic mass is 9.98. The lowest BCUT2D eigenvalue weighted by Gasteiger charge is -2.10. The van der Waals surface area contributed by atoms with E-state index in [0.29, 0.717) is 18.4 Å². The fourth-order valence-corrected chi connectivity index (χ4v) is 1.88. The van der Waals surface area contributed by atoms with Gasteiger partial charge in [0.1, 0.15) is 0 Å². The van der Waals surface area contributed by atoms with Crippen LogP contribution in [-0.2, 0) is 9.53 Å². The topological polar surface area (TPSA) is 43.4 Å². The highest BCUT2D eigenvalue weighted by Gasteiger charge is 2.31. The van der Waals surface area contributed by atoms with Crippen LogP contribution in [0.2, 0.25) is 0 Å². The molecule has 3 nitrogen and oxygen atoms in total. The molecule has 0 bridgehead atoms. The second-order valence-electron chi connectivity index (χ2n) is 4.20. The van der Waals surface area contributed by atoms with E-state index in [0.717, 1.165) is 11.1 Å². The lowest BCUT2D eigenvalue weighted by molar-refractivity contribution is -0.140. The Bertz CT molecular complexity index is 448. The maximum atomic E-state index is 12.1. The highest BCUT2D eigenvalue weighted by atomic mass is 16.6. The highest BCUT2D eigenvalue weighted by molar-refractivity contribution is 6.02. The number of carbonyl (C=O) groups excluding carboxylic acids is 2. The number of benzene rings is 1. The second kappa shape index (κ2) is 4.08. The molecule has 0 spiro atoms. The van der Waals surface area contributed by atoms with Crippen LogP contribution in [0.5, 0.6) is 0 Å². The van der Waals surface area contributed by atoms with Crippen molar-refractivity contribution in [3.8, 4) is 0 Å². The SMILES string of the molecule is Cc1ccc(C)c(C(=O)C2CCC(=O)O2)c1. The van der Waals surface area contributed by atoms with Crippen LogP contribution in [0.3, 0.4) is 0 Å². The van der Waals surface area contributed by atoms with Gasteiger partial charge in [0.15, 0.2) is 6.10 Å². The van der Waals surface area contributed by atoms with Crippen molar-refractivity contribution in [2.45, 2.75) is 32.8 Å². The lowest BCUT2D eigenvalue weighted by Crippen LogP contribution is -2.21. The van der Waals surface area contributed by atoms with Crippen molar-refractivity contribution >= 4 is 11.8 Å². The number of aryl methyl sites for hydroxylation is 2. The Morgan fingerprint density at radius 3 is 2.75 bits per heavy atom. The standard InChI is InChI=1S/C13H14O3/c1-8-3-4-9(2)10(7-8)13(15)11-5-6-12(14)16-11/h3-4,7,11H,5-6H2,1-2H3. The molecule has 0 radical (unpaired) electrons. The van der Waals surface area contributed by atoms with Gasteiger partial charge in [-0.2, -0.15) is 0 Å². The molecule has 16 heavy (non-hydrogen) atoms. The third kappa shape index (κ3) is 1.98. The zero-order valence-electron chi connectivity index (χ0n) is 9.45. The Labute approximate surface area is 94.4 Å². The summed E-state index contributed by atoms with van der Waals surface area (Å²) in [6, 6.07) is 5.73. The van der Waals surface area contributed by atoms with Gasteiger partial charge in [0.2, 0.25) is 5.78 Å². The first-order chi connectivity index (χ1) is 7.58. The Morgan fingerprint density at radius 1 is 1.38 bits per heavy atom. The molecular weight excluding hydrogens is 204 g/mol. The minimum atomic E-state index is -0.576. The van der Waals surface area contributed by atoms with E-state index in [9.17, 15) is 9.59 Å². The number of hydrogen-bond acceptors (Lipinski definition) is 3. The van der Waals surface area contributed by atoms with Crippen molar-refractivity contribution < 1.29 is 14.3 Å². The van der Waals surface area contributed by atoms with Gasteiger partial charge in [0, 0.05) is 18.4 Å². The molecule has 0 saturated carbocycles. The molecule has 84 valence electrons. The van der Waals surface area contributed by atoms with Crippen LogP contribution in [0.4, 0.5) is 0 Å². The summed E-state index contributed by atoms with van der Waals surface area (Å²) < 4.78 is 4.98. The summed E-state index contributed by atoms with van der Waals surface area (Å²) in [6.07, 6.45) is 0.278. The Morgan fingerprint density at radius 2 is 2.12 bits per heavy atom. The van der Waals surface area contributed by atoms with Gasteiger partial charge in [0.05, 0.1) is 0 Å². The van der Waals surface area contributed by atoms with Crippen LogP contribution in [0.25, 0.3) is 0 Å². The summed E-state index contributed by atoms with van der Waals surface area (Å²) in [5.41, 5.74) is 2.64. The molecular formula is C13H14O3. The molecule has 1 aromatic rings. The van der Waals surface area contributed by atoms with Crippen molar-refractivity contribution in [3.63, 3.8) is 0 Å². The Balaban J connectivity index is 2.27. The van der Waals surface area contributed by atoms with E-state index in [2.05, 4.69) is 0 Å². The Hall–Kier alpha value is -1.64. The predicted octanol–water partition coefficient (Wildman–Crippen LogP) is 2.19. The first kappa shape index (κ1) is 10.9. The molecule has 2 rings (SSSR count). The smallest absolute Gasteiger partial charge is 0.306 e. The molecule has 1 unspecified atom stereocenters. The van der Waals surface area contributed by atoms with Crippen LogP contribution in [0.1, 0.15) is 34.3 Å². The van der Waals surface area contributed by atoms with Crippen molar-refractivity contribution in [1.29, 1.82) is 0 Å². The second-order valence-corrected chi connectivity index (χ2v) is 4.20. The molecule has 1 aliphatic heterocycles. The maximum Gasteiger partial charge on any atom is 0.306 e. The number of cyclic esters (lactones) is 1. The molecule has 0 aromatic heterocycles. The first-order valence-electron chi connectivity index (χ1n) is 5.39. The number of ether oxygens (including phenoxy) is 1. The quantitative estimate of drug-likeness (QED) is 0.564. The Kier molecular flexibility index (Phi) is 2.77. The predicted molar refractivity (Wildman–Crippen MR) is 59.4 cm³/mol. The van der Waals surface area contributed by atoms with Gasteiger partial charge in [0.25, 0.3) is 0 Å². The van der Waals surface area contributed by atoms with Crippen molar-refractivity contribution in [2.75, 3.05) is 0 Å². The largest absolute Gasteiger partial charge is 0.454 e. The highest BCUT2D eigenvalue weighted by Crippen LogP contribution is 2.21. The van der Waals surface area contributed by atoms with Crippen LogP contribution < -0.4 is 0 Å². The van der Waals surface area contributed by atoms with Gasteiger partial charge in [-0.1, -0.05) is 17.7 Å². The molecule has 1 atom stereocenters. The number of hydrogen-bond donors (Lipinski definition) is 0. The third-order valence-electron chi connectivity index (χ3n) is 2.84.